The van der Waals surface area contributed by atoms with Gasteiger partial charge in [-0.25, -0.2) is 17.9 Å². The van der Waals surface area contributed by atoms with E-state index in [-0.39, 0.29) is 27.8 Å². The molecule has 6 nitrogen and oxygen atoms in total. The second-order valence-electron chi connectivity index (χ2n) is 3.64. The van der Waals surface area contributed by atoms with Crippen molar-refractivity contribution >= 4 is 27.6 Å². The Balaban J connectivity index is 3.46. The average Bonchev–Trinajstić information content (AvgIpc) is 2.39. The third kappa shape index (κ3) is 3.62. The Bertz CT molecular complexity index is 600. The lowest BCUT2D eigenvalue weighted by molar-refractivity contribution is 0.0521. The topological polar surface area (TPSA) is 81.7 Å². The SMILES string of the molecule is CCOC(=O)c1cc(S(=O)(=O)NC)c(Cl)cc1OCC. The standard InChI is InChI=1S/C12H16ClNO5S/c1-4-18-10-7-9(13)11(20(16,17)14-3)6-8(10)12(15)19-5-2/h6-7,14H,4-5H2,1-3H3. The van der Waals surface area contributed by atoms with Gasteiger partial charge in [0.25, 0.3) is 0 Å². The second-order valence-corrected chi connectivity index (χ2v) is 5.90. The molecule has 0 aromatic heterocycles. The van der Waals surface area contributed by atoms with Crippen LogP contribution in [0.25, 0.3) is 0 Å². The molecule has 0 bridgehead atoms. The lowest BCUT2D eigenvalue weighted by atomic mass is 10.2. The van der Waals surface area contributed by atoms with Crippen LogP contribution >= 0.6 is 11.6 Å². The predicted octanol–water partition coefficient (Wildman–Crippen LogP) is 1.82. The Morgan fingerprint density at radius 2 is 1.95 bits per heavy atom. The van der Waals surface area contributed by atoms with Crippen molar-refractivity contribution in [3.05, 3.63) is 22.7 Å². The van der Waals surface area contributed by atoms with Crippen LogP contribution in [0, 0.1) is 0 Å². The number of halogens is 1. The zero-order valence-electron chi connectivity index (χ0n) is 11.4. The van der Waals surface area contributed by atoms with Crippen LogP contribution < -0.4 is 9.46 Å². The summed E-state index contributed by atoms with van der Waals surface area (Å²) >= 11 is 5.93. The fourth-order valence-electron chi connectivity index (χ4n) is 1.49. The van der Waals surface area contributed by atoms with Gasteiger partial charge in [0.1, 0.15) is 16.2 Å². The Hall–Kier alpha value is -1.31. The largest absolute Gasteiger partial charge is 0.493 e. The molecule has 112 valence electrons. The smallest absolute Gasteiger partial charge is 0.341 e. The van der Waals surface area contributed by atoms with Crippen LogP contribution in [0.3, 0.4) is 0 Å². The number of ether oxygens (including phenoxy) is 2. The molecule has 0 atom stereocenters. The van der Waals surface area contributed by atoms with E-state index in [0.717, 1.165) is 6.07 Å². The molecule has 8 heteroatoms. The lowest BCUT2D eigenvalue weighted by Gasteiger charge is -2.13. The zero-order chi connectivity index (χ0) is 15.3. The van der Waals surface area contributed by atoms with Gasteiger partial charge in [-0.2, -0.15) is 0 Å². The van der Waals surface area contributed by atoms with Crippen molar-refractivity contribution in [3.63, 3.8) is 0 Å². The van der Waals surface area contributed by atoms with Gasteiger partial charge in [-0.05, 0) is 27.0 Å². The van der Waals surface area contributed by atoms with E-state index in [1.807, 2.05) is 0 Å². The van der Waals surface area contributed by atoms with Gasteiger partial charge in [0.05, 0.1) is 18.2 Å². The van der Waals surface area contributed by atoms with E-state index >= 15 is 0 Å². The van der Waals surface area contributed by atoms with Gasteiger partial charge in [0, 0.05) is 6.07 Å². The molecule has 0 fully saturated rings. The highest BCUT2D eigenvalue weighted by molar-refractivity contribution is 7.89. The highest BCUT2D eigenvalue weighted by Gasteiger charge is 2.23. The average molecular weight is 322 g/mol. The molecule has 20 heavy (non-hydrogen) atoms. The number of carbonyl (C=O) groups is 1. The van der Waals surface area contributed by atoms with Gasteiger partial charge in [-0.1, -0.05) is 11.6 Å². The number of benzene rings is 1. The number of hydrogen-bond acceptors (Lipinski definition) is 5. The molecule has 0 unspecified atom stereocenters. The Labute approximate surface area is 123 Å². The first-order valence-electron chi connectivity index (χ1n) is 5.94. The molecule has 0 saturated heterocycles. The Morgan fingerprint density at radius 1 is 1.30 bits per heavy atom. The number of nitrogens with one attached hydrogen (secondary N) is 1. The highest BCUT2D eigenvalue weighted by atomic mass is 35.5. The second kappa shape index (κ2) is 6.92. The summed E-state index contributed by atoms with van der Waals surface area (Å²) in [7, 11) is -2.52. The van der Waals surface area contributed by atoms with Crippen molar-refractivity contribution in [3.8, 4) is 5.75 Å². The summed E-state index contributed by atoms with van der Waals surface area (Å²) < 4.78 is 36.0. The minimum absolute atomic E-state index is 0.0203. The molecule has 0 saturated carbocycles. The first-order valence-corrected chi connectivity index (χ1v) is 7.80. The van der Waals surface area contributed by atoms with Gasteiger partial charge >= 0.3 is 5.97 Å². The number of hydrogen-bond donors (Lipinski definition) is 1. The molecule has 0 radical (unpaired) electrons. The minimum atomic E-state index is -3.78. The summed E-state index contributed by atoms with van der Waals surface area (Å²) in [6, 6.07) is 2.44. The van der Waals surface area contributed by atoms with Crippen molar-refractivity contribution in [2.75, 3.05) is 20.3 Å². The van der Waals surface area contributed by atoms with Crippen molar-refractivity contribution in [2.24, 2.45) is 0 Å². The molecule has 0 spiro atoms. The summed E-state index contributed by atoms with van der Waals surface area (Å²) in [5.41, 5.74) is 0.0203. The van der Waals surface area contributed by atoms with Gasteiger partial charge in [0.15, 0.2) is 0 Å². The Kier molecular flexibility index (Phi) is 5.79. The molecule has 0 aliphatic heterocycles. The van der Waals surface area contributed by atoms with Gasteiger partial charge < -0.3 is 9.47 Å². The first-order chi connectivity index (χ1) is 9.37. The van der Waals surface area contributed by atoms with Gasteiger partial charge in [0.2, 0.25) is 10.0 Å². The van der Waals surface area contributed by atoms with E-state index < -0.39 is 16.0 Å². The zero-order valence-corrected chi connectivity index (χ0v) is 13.0. The van der Waals surface area contributed by atoms with Crippen molar-refractivity contribution < 1.29 is 22.7 Å². The highest BCUT2D eigenvalue weighted by Crippen LogP contribution is 2.30. The molecule has 1 aromatic carbocycles. The lowest BCUT2D eigenvalue weighted by Crippen LogP contribution is -2.20. The molecular formula is C12H16ClNO5S. The van der Waals surface area contributed by atoms with Crippen molar-refractivity contribution in [2.45, 2.75) is 18.7 Å². The van der Waals surface area contributed by atoms with Crippen LogP contribution in [0.1, 0.15) is 24.2 Å². The van der Waals surface area contributed by atoms with E-state index in [2.05, 4.69) is 4.72 Å². The van der Waals surface area contributed by atoms with E-state index in [1.165, 1.54) is 13.1 Å². The van der Waals surface area contributed by atoms with Gasteiger partial charge in [-0.3, -0.25) is 0 Å². The van der Waals surface area contributed by atoms with E-state index in [0.29, 0.717) is 6.61 Å². The third-order valence-corrected chi connectivity index (χ3v) is 4.27. The molecule has 1 aromatic rings. The summed E-state index contributed by atoms with van der Waals surface area (Å²) in [6.45, 7) is 3.86. The fourth-order valence-corrected chi connectivity index (χ4v) is 2.76. The van der Waals surface area contributed by atoms with Crippen LogP contribution in [0.5, 0.6) is 5.75 Å². The summed E-state index contributed by atoms with van der Waals surface area (Å²) in [6.07, 6.45) is 0. The molecule has 0 aliphatic rings. The first kappa shape index (κ1) is 16.7. The third-order valence-electron chi connectivity index (χ3n) is 2.39. The quantitative estimate of drug-likeness (QED) is 0.808. The fraction of sp³-hybridized carbons (Fsp3) is 0.417. The van der Waals surface area contributed by atoms with Crippen molar-refractivity contribution in [1.29, 1.82) is 0 Å². The maximum absolute atomic E-state index is 11.9. The number of sulfonamides is 1. The monoisotopic (exact) mass is 321 g/mol. The summed E-state index contributed by atoms with van der Waals surface area (Å²) in [5, 5.41) is -0.0316. The maximum Gasteiger partial charge on any atom is 0.341 e. The van der Waals surface area contributed by atoms with Crippen LogP contribution in [-0.4, -0.2) is 34.6 Å². The molecule has 1 N–H and O–H groups in total. The molecule has 0 aliphatic carbocycles. The van der Waals surface area contributed by atoms with Crippen molar-refractivity contribution in [1.82, 2.24) is 4.72 Å². The molecular weight excluding hydrogens is 306 g/mol. The molecule has 0 amide bonds. The van der Waals surface area contributed by atoms with Crippen LogP contribution in [0.2, 0.25) is 5.02 Å². The summed E-state index contributed by atoms with van der Waals surface area (Å²) in [5.74, 6) is -0.480. The maximum atomic E-state index is 11.9. The normalized spacial score (nSPS) is 11.2. The van der Waals surface area contributed by atoms with Crippen LogP contribution in [0.4, 0.5) is 0 Å². The number of esters is 1. The predicted molar refractivity (Wildman–Crippen MR) is 74.8 cm³/mol. The molecule has 1 rings (SSSR count). The van der Waals surface area contributed by atoms with E-state index in [1.54, 1.807) is 13.8 Å². The summed E-state index contributed by atoms with van der Waals surface area (Å²) in [4.78, 5) is 11.7. The van der Waals surface area contributed by atoms with Crippen LogP contribution in [0.15, 0.2) is 17.0 Å². The number of carbonyl (C=O) groups excluding carboxylic acids is 1. The number of rotatable bonds is 6. The molecule has 0 heterocycles. The van der Waals surface area contributed by atoms with E-state index in [4.69, 9.17) is 21.1 Å². The van der Waals surface area contributed by atoms with Crippen LogP contribution in [-0.2, 0) is 14.8 Å². The van der Waals surface area contributed by atoms with E-state index in [9.17, 15) is 13.2 Å². The Morgan fingerprint density at radius 3 is 2.45 bits per heavy atom. The minimum Gasteiger partial charge on any atom is -0.493 e. The van der Waals surface area contributed by atoms with Gasteiger partial charge in [-0.15, -0.1) is 0 Å².